The SMILES string of the molecule is C.CC(C)COCc1cc(C(C)(C)C)cc(COCC(C)C)c1SSc1c(COCC(C)C)cc(C(C)(C)C)cc1COCC(C)C.CCC(C)COCc1cc(C(C)(C)C)cc(COCC(C)C)c1S(F)(F)F. The Labute approximate surface area is 461 Å². The van der Waals surface area contributed by atoms with E-state index in [0.717, 1.165) is 38.4 Å². The summed E-state index contributed by atoms with van der Waals surface area (Å²) in [5.74, 6) is 2.52. The van der Waals surface area contributed by atoms with Gasteiger partial charge in [0.1, 0.15) is 0 Å². The number of hydrogen-bond donors (Lipinski definition) is 0. The van der Waals surface area contributed by atoms with Gasteiger partial charge in [-0.1, -0.05) is 217 Å². The van der Waals surface area contributed by atoms with Crippen molar-refractivity contribution in [1.82, 2.24) is 0 Å². The number of rotatable bonds is 29. The van der Waals surface area contributed by atoms with E-state index in [-0.39, 0.29) is 53.9 Å². The summed E-state index contributed by atoms with van der Waals surface area (Å²) in [7, 11) is 3.66. The Bertz CT molecular complexity index is 1900. The van der Waals surface area contributed by atoms with Crippen LogP contribution in [0.25, 0.3) is 0 Å². The van der Waals surface area contributed by atoms with E-state index in [0.29, 0.717) is 69.2 Å². The van der Waals surface area contributed by atoms with Crippen LogP contribution < -0.4 is 0 Å². The second kappa shape index (κ2) is 33.0. The van der Waals surface area contributed by atoms with Crippen molar-refractivity contribution in [3.63, 3.8) is 0 Å². The van der Waals surface area contributed by atoms with Crippen molar-refractivity contribution in [1.29, 1.82) is 0 Å². The van der Waals surface area contributed by atoms with Crippen LogP contribution in [0.2, 0.25) is 0 Å². The fourth-order valence-electron chi connectivity index (χ4n) is 7.31. The molecule has 0 aromatic heterocycles. The molecule has 3 aromatic carbocycles. The summed E-state index contributed by atoms with van der Waals surface area (Å²) in [6.07, 6.45) is 0.938. The second-order valence-electron chi connectivity index (χ2n) is 25.3. The molecule has 1 unspecified atom stereocenters. The van der Waals surface area contributed by atoms with Crippen LogP contribution in [-0.4, -0.2) is 39.6 Å². The molecule has 3 aromatic rings. The third-order valence-corrected chi connectivity index (χ3v) is 15.4. The lowest BCUT2D eigenvalue weighted by molar-refractivity contribution is 0.0866. The molecule has 0 aliphatic carbocycles. The number of ether oxygens (including phenoxy) is 6. The summed E-state index contributed by atoms with van der Waals surface area (Å²) in [6, 6.07) is 12.8. The Morgan fingerprint density at radius 3 is 0.811 bits per heavy atom. The number of benzene rings is 3. The molecule has 0 radical (unpaired) electrons. The van der Waals surface area contributed by atoms with Gasteiger partial charge in [0, 0.05) is 49.4 Å². The largest absolute Gasteiger partial charge is 0.376 e. The first-order valence-electron chi connectivity index (χ1n) is 27.0. The van der Waals surface area contributed by atoms with Crippen molar-refractivity contribution in [2.75, 3.05) is 39.6 Å². The van der Waals surface area contributed by atoms with Gasteiger partial charge in [0.05, 0.1) is 44.5 Å². The summed E-state index contributed by atoms with van der Waals surface area (Å²) in [5.41, 5.74) is 8.67. The first-order chi connectivity index (χ1) is 33.7. The minimum absolute atomic E-state index is 0. The Balaban J connectivity index is 0.000000834. The highest BCUT2D eigenvalue weighted by molar-refractivity contribution is 8.76. The highest BCUT2D eigenvalue weighted by Gasteiger charge is 2.33. The molecule has 428 valence electrons. The standard InChI is InChI=1S/C40H66O4S2.C21H35F3O2S.CH4/c1-27(2)19-41-23-31-15-35(39(9,10)11)16-32(24-42-20-28(3)4)37(31)45-46-38-33(25-43-21-29(5)6)17-36(40(12,13)14)18-34(38)26-44-22-30(7)8;1-8-16(4)12-26-14-18-10-19(21(5,6)7)9-17(13-25-11-15(2)3)20(18)27(22,23)24;/h15-18,27-30H,19-26H2,1-14H3;9-10,15-16H,8,11-14H2,1-7H3;1H4. The van der Waals surface area contributed by atoms with Crippen LogP contribution >= 0.6 is 32.8 Å². The molecular formula is C62H105F3O6S3. The molecule has 1 atom stereocenters. The van der Waals surface area contributed by atoms with E-state index < -0.39 is 16.1 Å². The van der Waals surface area contributed by atoms with Gasteiger partial charge in [-0.2, -0.15) is 0 Å². The van der Waals surface area contributed by atoms with E-state index in [2.05, 4.69) is 121 Å². The van der Waals surface area contributed by atoms with Crippen LogP contribution in [-0.2, 0) is 84.3 Å². The lowest BCUT2D eigenvalue weighted by atomic mass is 9.85. The first kappa shape index (κ1) is 70.3. The zero-order valence-electron chi connectivity index (χ0n) is 49.4. The van der Waals surface area contributed by atoms with Crippen molar-refractivity contribution in [2.45, 2.75) is 230 Å². The van der Waals surface area contributed by atoms with Crippen LogP contribution in [0.5, 0.6) is 0 Å². The fourth-order valence-corrected chi connectivity index (χ4v) is 11.0. The van der Waals surface area contributed by atoms with Gasteiger partial charge in [-0.15, -0.1) is 11.7 Å². The van der Waals surface area contributed by atoms with E-state index in [1.807, 2.05) is 70.1 Å². The third kappa shape index (κ3) is 26.3. The van der Waals surface area contributed by atoms with Gasteiger partial charge in [-0.3, -0.25) is 0 Å². The summed E-state index contributed by atoms with van der Waals surface area (Å²) in [6.45, 7) is 51.5. The molecule has 0 bridgehead atoms. The Morgan fingerprint density at radius 1 is 0.392 bits per heavy atom. The lowest BCUT2D eigenvalue weighted by Crippen LogP contribution is -2.15. The number of hydrogen-bond acceptors (Lipinski definition) is 8. The van der Waals surface area contributed by atoms with Gasteiger partial charge in [0.2, 0.25) is 11.2 Å². The predicted molar refractivity (Wildman–Crippen MR) is 315 cm³/mol. The smallest absolute Gasteiger partial charge is 0.238 e. The minimum Gasteiger partial charge on any atom is -0.376 e. The van der Waals surface area contributed by atoms with Gasteiger partial charge in [0.15, 0.2) is 0 Å². The molecule has 0 saturated carbocycles. The molecule has 0 heterocycles. The molecule has 0 aliphatic rings. The van der Waals surface area contributed by atoms with Crippen molar-refractivity contribution in [3.05, 3.63) is 86.5 Å². The molecule has 6 nitrogen and oxygen atoms in total. The second-order valence-corrected chi connectivity index (χ2v) is 28.6. The molecule has 0 saturated heterocycles. The van der Waals surface area contributed by atoms with E-state index in [9.17, 15) is 11.7 Å². The van der Waals surface area contributed by atoms with E-state index >= 15 is 0 Å². The van der Waals surface area contributed by atoms with Crippen molar-refractivity contribution in [2.24, 2.45) is 35.5 Å². The zero-order valence-corrected chi connectivity index (χ0v) is 51.9. The molecule has 0 aliphatic heterocycles. The van der Waals surface area contributed by atoms with Crippen molar-refractivity contribution < 1.29 is 40.1 Å². The number of halogens is 3. The van der Waals surface area contributed by atoms with Gasteiger partial charge >= 0.3 is 0 Å². The molecule has 74 heavy (non-hydrogen) atoms. The maximum atomic E-state index is 13.9. The zero-order chi connectivity index (χ0) is 55.5. The molecule has 0 amide bonds. The maximum Gasteiger partial charge on any atom is 0.238 e. The van der Waals surface area contributed by atoms with E-state index in [1.54, 1.807) is 12.1 Å². The van der Waals surface area contributed by atoms with Gasteiger partial charge in [0.25, 0.3) is 0 Å². The Morgan fingerprint density at radius 2 is 0.608 bits per heavy atom. The van der Waals surface area contributed by atoms with Crippen LogP contribution in [0, 0.1) is 35.5 Å². The molecular weight excluding hydrogens is 994 g/mol. The summed E-state index contributed by atoms with van der Waals surface area (Å²) < 4.78 is 78.2. The highest BCUT2D eigenvalue weighted by atomic mass is 33.1. The summed E-state index contributed by atoms with van der Waals surface area (Å²) in [4.78, 5) is 1.96. The lowest BCUT2D eigenvalue weighted by Gasteiger charge is -2.26. The Hall–Kier alpha value is -1.74. The normalized spacial score (nSPS) is 13.3. The monoisotopic (exact) mass is 1100 g/mol. The van der Waals surface area contributed by atoms with Gasteiger partial charge < -0.3 is 28.4 Å². The molecule has 0 fully saturated rings. The fraction of sp³-hybridized carbons (Fsp3) is 0.710. The van der Waals surface area contributed by atoms with Crippen molar-refractivity contribution >= 4 is 32.8 Å². The summed E-state index contributed by atoms with van der Waals surface area (Å²) in [5, 5.41) is 0. The summed E-state index contributed by atoms with van der Waals surface area (Å²) >= 11 is -5.39. The predicted octanol–water partition coefficient (Wildman–Crippen LogP) is 19.9. The average molecular weight is 1100 g/mol. The average Bonchev–Trinajstić information content (AvgIpc) is 3.24. The molecule has 0 N–H and O–H groups in total. The van der Waals surface area contributed by atoms with Crippen LogP contribution in [0.3, 0.4) is 0 Å². The third-order valence-electron chi connectivity index (χ3n) is 11.7. The minimum atomic E-state index is -5.39. The van der Waals surface area contributed by atoms with Crippen molar-refractivity contribution in [3.8, 4) is 0 Å². The quantitative estimate of drug-likeness (QED) is 0.0638. The van der Waals surface area contributed by atoms with Gasteiger partial charge in [-0.25, -0.2) is 0 Å². The van der Waals surface area contributed by atoms with Crippen LogP contribution in [0.15, 0.2) is 51.1 Å². The Kier molecular flexibility index (Phi) is 31.3. The van der Waals surface area contributed by atoms with E-state index in [4.69, 9.17) is 28.4 Å². The van der Waals surface area contributed by atoms with Crippen LogP contribution in [0.1, 0.15) is 209 Å². The molecule has 12 heteroatoms. The van der Waals surface area contributed by atoms with E-state index in [1.165, 1.54) is 43.2 Å². The first-order valence-corrected chi connectivity index (χ1v) is 30.4. The topological polar surface area (TPSA) is 55.4 Å². The van der Waals surface area contributed by atoms with Crippen LogP contribution in [0.4, 0.5) is 11.7 Å². The van der Waals surface area contributed by atoms with Gasteiger partial charge in [-0.05, 0) is 102 Å². The molecule has 0 spiro atoms. The maximum absolute atomic E-state index is 13.9. The highest BCUT2D eigenvalue weighted by Crippen LogP contribution is 2.63. The molecule has 3 rings (SSSR count).